The van der Waals surface area contributed by atoms with Crippen LogP contribution in [-0.4, -0.2) is 48.9 Å². The highest BCUT2D eigenvalue weighted by atomic mass is 16.5. The van der Waals surface area contributed by atoms with E-state index in [1.54, 1.807) is 19.9 Å². The third-order valence-corrected chi connectivity index (χ3v) is 2.49. The van der Waals surface area contributed by atoms with Gasteiger partial charge in [-0.25, -0.2) is 0 Å². The minimum absolute atomic E-state index is 0.115. The van der Waals surface area contributed by atoms with Crippen molar-refractivity contribution < 1.29 is 24.2 Å². The highest BCUT2D eigenvalue weighted by Gasteiger charge is 2.31. The molecule has 0 aromatic rings. The third-order valence-electron chi connectivity index (χ3n) is 2.49. The van der Waals surface area contributed by atoms with Crippen molar-refractivity contribution in [2.45, 2.75) is 38.3 Å². The Morgan fingerprint density at radius 1 is 1.53 bits per heavy atom. The standard InChI is InChI=1S/C13H23NO5/c1-5-6-7-19-10(2)12(17)14-13(3,9-18-4)8-11(15)16/h5,10H,1,6-9H2,2-4H3,(H,14,17)(H,15,16). The molecule has 0 aromatic carbocycles. The van der Waals surface area contributed by atoms with Crippen molar-refractivity contribution in [1.82, 2.24) is 5.32 Å². The molecule has 0 fully saturated rings. The van der Waals surface area contributed by atoms with Gasteiger partial charge in [0.15, 0.2) is 0 Å². The lowest BCUT2D eigenvalue weighted by atomic mass is 9.98. The quantitative estimate of drug-likeness (QED) is 0.457. The molecule has 0 aliphatic rings. The van der Waals surface area contributed by atoms with Crippen LogP contribution in [0, 0.1) is 0 Å². The Balaban J connectivity index is 4.44. The van der Waals surface area contributed by atoms with E-state index in [1.165, 1.54) is 7.11 Å². The minimum Gasteiger partial charge on any atom is -0.481 e. The van der Waals surface area contributed by atoms with Crippen LogP contribution in [0.25, 0.3) is 0 Å². The summed E-state index contributed by atoms with van der Waals surface area (Å²) in [6.07, 6.45) is 1.49. The van der Waals surface area contributed by atoms with Gasteiger partial charge < -0.3 is 19.9 Å². The van der Waals surface area contributed by atoms with Gasteiger partial charge in [-0.15, -0.1) is 6.58 Å². The largest absolute Gasteiger partial charge is 0.481 e. The van der Waals surface area contributed by atoms with Gasteiger partial charge in [-0.2, -0.15) is 0 Å². The molecule has 0 bridgehead atoms. The smallest absolute Gasteiger partial charge is 0.305 e. The average molecular weight is 273 g/mol. The number of rotatable bonds is 10. The van der Waals surface area contributed by atoms with Crippen LogP contribution in [-0.2, 0) is 19.1 Å². The Labute approximate surface area is 113 Å². The molecule has 0 aromatic heterocycles. The number of carbonyl (C=O) groups excluding carboxylic acids is 1. The maximum absolute atomic E-state index is 11.9. The molecule has 2 N–H and O–H groups in total. The number of carbonyl (C=O) groups is 2. The molecule has 0 aliphatic carbocycles. The monoisotopic (exact) mass is 273 g/mol. The number of carboxylic acid groups (broad SMARTS) is 1. The summed E-state index contributed by atoms with van der Waals surface area (Å²) in [4.78, 5) is 22.7. The molecular weight excluding hydrogens is 250 g/mol. The summed E-state index contributed by atoms with van der Waals surface area (Å²) >= 11 is 0. The van der Waals surface area contributed by atoms with Crippen LogP contribution in [0.3, 0.4) is 0 Å². The zero-order valence-corrected chi connectivity index (χ0v) is 11.8. The van der Waals surface area contributed by atoms with E-state index < -0.39 is 17.6 Å². The molecule has 2 atom stereocenters. The van der Waals surface area contributed by atoms with Crippen molar-refractivity contribution in [2.75, 3.05) is 20.3 Å². The Morgan fingerprint density at radius 2 is 2.16 bits per heavy atom. The molecule has 0 heterocycles. The highest BCUT2D eigenvalue weighted by molar-refractivity contribution is 5.82. The number of nitrogens with one attached hydrogen (secondary N) is 1. The van der Waals surface area contributed by atoms with Crippen molar-refractivity contribution in [3.05, 3.63) is 12.7 Å². The van der Waals surface area contributed by atoms with Gasteiger partial charge in [-0.1, -0.05) is 6.08 Å². The van der Waals surface area contributed by atoms with E-state index in [-0.39, 0.29) is 18.9 Å². The van der Waals surface area contributed by atoms with Crippen LogP contribution in [0.2, 0.25) is 0 Å². The van der Waals surface area contributed by atoms with Crippen molar-refractivity contribution >= 4 is 11.9 Å². The van der Waals surface area contributed by atoms with Crippen LogP contribution in [0.4, 0.5) is 0 Å². The maximum Gasteiger partial charge on any atom is 0.305 e. The molecule has 2 unspecified atom stereocenters. The summed E-state index contributed by atoms with van der Waals surface area (Å²) in [6, 6.07) is 0. The molecule has 0 spiro atoms. The number of hydrogen-bond donors (Lipinski definition) is 2. The number of amides is 1. The van der Waals surface area contributed by atoms with E-state index in [2.05, 4.69) is 11.9 Å². The fourth-order valence-electron chi connectivity index (χ4n) is 1.59. The molecular formula is C13H23NO5. The van der Waals surface area contributed by atoms with E-state index in [0.717, 1.165) is 0 Å². The SMILES string of the molecule is C=CCCOC(C)C(=O)NC(C)(COC)CC(=O)O. The number of hydrogen-bond acceptors (Lipinski definition) is 4. The summed E-state index contributed by atoms with van der Waals surface area (Å²) in [5, 5.41) is 11.5. The first-order chi connectivity index (χ1) is 8.84. The van der Waals surface area contributed by atoms with Gasteiger partial charge >= 0.3 is 5.97 Å². The summed E-state index contributed by atoms with van der Waals surface area (Å²) in [5.74, 6) is -1.36. The van der Waals surface area contributed by atoms with Crippen LogP contribution >= 0.6 is 0 Å². The second kappa shape index (κ2) is 8.66. The number of aliphatic carboxylic acids is 1. The first kappa shape index (κ1) is 17.6. The van der Waals surface area contributed by atoms with Gasteiger partial charge in [-0.05, 0) is 20.3 Å². The van der Waals surface area contributed by atoms with Crippen molar-refractivity contribution in [3.63, 3.8) is 0 Å². The van der Waals surface area contributed by atoms with Gasteiger partial charge in [-0.3, -0.25) is 9.59 Å². The van der Waals surface area contributed by atoms with Gasteiger partial charge in [0, 0.05) is 7.11 Å². The van der Waals surface area contributed by atoms with E-state index >= 15 is 0 Å². The molecule has 6 heteroatoms. The highest BCUT2D eigenvalue weighted by Crippen LogP contribution is 2.11. The Kier molecular flexibility index (Phi) is 8.02. The second-order valence-electron chi connectivity index (χ2n) is 4.64. The molecule has 0 saturated carbocycles. The van der Waals surface area contributed by atoms with E-state index in [1.807, 2.05) is 0 Å². The van der Waals surface area contributed by atoms with Crippen LogP contribution in [0.15, 0.2) is 12.7 Å². The number of carboxylic acids is 1. The Bertz CT molecular complexity index is 318. The lowest BCUT2D eigenvalue weighted by molar-refractivity contribution is -0.141. The first-order valence-electron chi connectivity index (χ1n) is 6.10. The van der Waals surface area contributed by atoms with Crippen molar-refractivity contribution in [1.29, 1.82) is 0 Å². The van der Waals surface area contributed by atoms with Crippen molar-refractivity contribution in [2.24, 2.45) is 0 Å². The lowest BCUT2D eigenvalue weighted by Crippen LogP contribution is -2.53. The topological polar surface area (TPSA) is 84.9 Å². The van der Waals surface area contributed by atoms with E-state index in [0.29, 0.717) is 13.0 Å². The minimum atomic E-state index is -1.000. The molecule has 0 saturated heterocycles. The normalized spacial score (nSPS) is 15.3. The second-order valence-corrected chi connectivity index (χ2v) is 4.64. The molecule has 6 nitrogen and oxygen atoms in total. The summed E-state index contributed by atoms with van der Waals surface area (Å²) in [5.41, 5.74) is -0.951. The lowest BCUT2D eigenvalue weighted by Gasteiger charge is -2.29. The fraction of sp³-hybridized carbons (Fsp3) is 0.692. The average Bonchev–Trinajstić information content (AvgIpc) is 2.27. The van der Waals surface area contributed by atoms with Gasteiger partial charge in [0.1, 0.15) is 6.10 Å². The first-order valence-corrected chi connectivity index (χ1v) is 6.10. The van der Waals surface area contributed by atoms with Gasteiger partial charge in [0.2, 0.25) is 5.91 Å². The fourth-order valence-corrected chi connectivity index (χ4v) is 1.59. The number of methoxy groups -OCH3 is 1. The maximum atomic E-state index is 11.9. The predicted octanol–water partition coefficient (Wildman–Crippen LogP) is 0.964. The van der Waals surface area contributed by atoms with Crippen LogP contribution < -0.4 is 5.32 Å². The molecule has 19 heavy (non-hydrogen) atoms. The van der Waals surface area contributed by atoms with Crippen LogP contribution in [0.5, 0.6) is 0 Å². The van der Waals surface area contributed by atoms with Crippen LogP contribution in [0.1, 0.15) is 26.7 Å². The summed E-state index contributed by atoms with van der Waals surface area (Å²) in [6.45, 7) is 7.31. The Morgan fingerprint density at radius 3 is 2.63 bits per heavy atom. The molecule has 1 amide bonds. The predicted molar refractivity (Wildman–Crippen MR) is 70.9 cm³/mol. The molecule has 110 valence electrons. The summed E-state index contributed by atoms with van der Waals surface area (Å²) < 4.78 is 10.3. The van der Waals surface area contributed by atoms with E-state index in [9.17, 15) is 9.59 Å². The number of ether oxygens (including phenoxy) is 2. The van der Waals surface area contributed by atoms with Gasteiger partial charge in [0.25, 0.3) is 0 Å². The molecule has 0 aliphatic heterocycles. The van der Waals surface area contributed by atoms with E-state index in [4.69, 9.17) is 14.6 Å². The third kappa shape index (κ3) is 7.58. The Hall–Kier alpha value is -1.40. The van der Waals surface area contributed by atoms with Crippen molar-refractivity contribution in [3.8, 4) is 0 Å². The molecule has 0 radical (unpaired) electrons. The van der Waals surface area contributed by atoms with Gasteiger partial charge in [0.05, 0.1) is 25.2 Å². The zero-order valence-electron chi connectivity index (χ0n) is 11.8. The summed E-state index contributed by atoms with van der Waals surface area (Å²) in [7, 11) is 1.45. The molecule has 0 rings (SSSR count). The zero-order chi connectivity index (χ0) is 14.9.